The maximum absolute atomic E-state index is 8.85. The number of hydrogen-bond acceptors (Lipinski definition) is 4. The van der Waals surface area contributed by atoms with Gasteiger partial charge in [-0.25, -0.2) is 4.98 Å². The second-order valence-electron chi connectivity index (χ2n) is 4.16. The lowest BCUT2D eigenvalue weighted by Crippen LogP contribution is -1.97. The quantitative estimate of drug-likeness (QED) is 0.808. The Morgan fingerprint density at radius 2 is 1.89 bits per heavy atom. The molecule has 0 aliphatic heterocycles. The van der Waals surface area contributed by atoms with Crippen LogP contribution in [0.25, 0.3) is 0 Å². The lowest BCUT2D eigenvalue weighted by Gasteiger charge is -2.08. The molecule has 2 aromatic rings. The molecular formula is C14H13N3O. The van der Waals surface area contributed by atoms with Crippen LogP contribution in [0.15, 0.2) is 24.3 Å². The summed E-state index contributed by atoms with van der Waals surface area (Å²) in [6, 6.07) is 9.68. The van der Waals surface area contributed by atoms with E-state index in [2.05, 4.69) is 9.97 Å². The molecule has 0 N–H and O–H groups in total. The molecule has 0 saturated carbocycles. The van der Waals surface area contributed by atoms with Crippen molar-refractivity contribution in [3.8, 4) is 17.8 Å². The van der Waals surface area contributed by atoms with Crippen molar-refractivity contribution >= 4 is 0 Å². The first kappa shape index (κ1) is 12.1. The van der Waals surface area contributed by atoms with Crippen LogP contribution in [-0.2, 0) is 0 Å². The van der Waals surface area contributed by atoms with Crippen molar-refractivity contribution in [2.24, 2.45) is 0 Å². The van der Waals surface area contributed by atoms with Gasteiger partial charge in [-0.3, -0.25) is 0 Å². The monoisotopic (exact) mass is 239 g/mol. The van der Waals surface area contributed by atoms with Gasteiger partial charge in [0.2, 0.25) is 0 Å². The van der Waals surface area contributed by atoms with Crippen LogP contribution in [0.1, 0.15) is 22.5 Å². The average Bonchev–Trinajstić information content (AvgIpc) is 2.32. The number of rotatable bonds is 2. The number of nitriles is 1. The number of ether oxygens (including phenoxy) is 1. The summed E-state index contributed by atoms with van der Waals surface area (Å²) in [7, 11) is 0. The molecular weight excluding hydrogens is 226 g/mol. The zero-order valence-corrected chi connectivity index (χ0v) is 10.6. The molecule has 0 saturated heterocycles. The van der Waals surface area contributed by atoms with Gasteiger partial charge in [-0.05, 0) is 38.5 Å². The number of hydrogen-bond donors (Lipinski definition) is 0. The van der Waals surface area contributed by atoms with E-state index in [0.717, 1.165) is 5.56 Å². The van der Waals surface area contributed by atoms with Crippen LogP contribution >= 0.6 is 0 Å². The smallest absolute Gasteiger partial charge is 0.323 e. The summed E-state index contributed by atoms with van der Waals surface area (Å²) >= 11 is 0. The van der Waals surface area contributed by atoms with Gasteiger partial charge in [0.15, 0.2) is 0 Å². The standard InChI is InChI=1S/C14H13N3O/c1-9-4-5-13(10(2)6-9)18-14-16-11(3)7-12(8-15)17-14/h4-7H,1-3H3. The van der Waals surface area contributed by atoms with Crippen molar-refractivity contribution in [2.75, 3.05) is 0 Å². The Kier molecular flexibility index (Phi) is 3.24. The molecule has 0 atom stereocenters. The largest absolute Gasteiger partial charge is 0.424 e. The Labute approximate surface area is 106 Å². The van der Waals surface area contributed by atoms with Gasteiger partial charge in [-0.15, -0.1) is 0 Å². The van der Waals surface area contributed by atoms with Gasteiger partial charge in [0.1, 0.15) is 17.5 Å². The lowest BCUT2D eigenvalue weighted by molar-refractivity contribution is 0.436. The van der Waals surface area contributed by atoms with Gasteiger partial charge >= 0.3 is 6.01 Å². The van der Waals surface area contributed by atoms with Crippen molar-refractivity contribution in [1.29, 1.82) is 5.26 Å². The van der Waals surface area contributed by atoms with Gasteiger partial charge in [-0.1, -0.05) is 17.7 Å². The summed E-state index contributed by atoms with van der Waals surface area (Å²) in [6.45, 7) is 5.79. The first-order chi connectivity index (χ1) is 8.58. The van der Waals surface area contributed by atoms with Crippen molar-refractivity contribution in [3.63, 3.8) is 0 Å². The Morgan fingerprint density at radius 1 is 1.11 bits per heavy atom. The molecule has 0 spiro atoms. The molecule has 1 aromatic carbocycles. The molecule has 18 heavy (non-hydrogen) atoms. The number of aromatic nitrogens is 2. The normalized spacial score (nSPS) is 9.89. The molecule has 4 heteroatoms. The molecule has 1 aromatic heterocycles. The van der Waals surface area contributed by atoms with Gasteiger partial charge in [0, 0.05) is 5.69 Å². The lowest BCUT2D eigenvalue weighted by atomic mass is 10.1. The highest BCUT2D eigenvalue weighted by Gasteiger charge is 2.06. The molecule has 0 radical (unpaired) electrons. The molecule has 0 unspecified atom stereocenters. The van der Waals surface area contributed by atoms with Crippen molar-refractivity contribution in [3.05, 3.63) is 46.8 Å². The highest BCUT2D eigenvalue weighted by atomic mass is 16.5. The second-order valence-corrected chi connectivity index (χ2v) is 4.16. The van der Waals surface area contributed by atoms with Gasteiger partial charge in [0.05, 0.1) is 0 Å². The van der Waals surface area contributed by atoms with E-state index in [1.165, 1.54) is 5.56 Å². The fourth-order valence-electron chi connectivity index (χ4n) is 1.66. The van der Waals surface area contributed by atoms with Crippen molar-refractivity contribution in [1.82, 2.24) is 9.97 Å². The fraction of sp³-hybridized carbons (Fsp3) is 0.214. The Balaban J connectivity index is 2.34. The van der Waals surface area contributed by atoms with Crippen LogP contribution < -0.4 is 4.74 Å². The van der Waals surface area contributed by atoms with Gasteiger partial charge in [-0.2, -0.15) is 10.2 Å². The van der Waals surface area contributed by atoms with E-state index < -0.39 is 0 Å². The molecule has 0 aliphatic rings. The molecule has 4 nitrogen and oxygen atoms in total. The van der Waals surface area contributed by atoms with Crippen LogP contribution in [0.2, 0.25) is 0 Å². The topological polar surface area (TPSA) is 58.8 Å². The minimum Gasteiger partial charge on any atom is -0.424 e. The van der Waals surface area contributed by atoms with Crippen LogP contribution in [0.5, 0.6) is 11.8 Å². The third-order valence-electron chi connectivity index (χ3n) is 2.48. The van der Waals surface area contributed by atoms with E-state index in [9.17, 15) is 0 Å². The van der Waals surface area contributed by atoms with Crippen LogP contribution in [-0.4, -0.2) is 9.97 Å². The van der Waals surface area contributed by atoms with Crippen LogP contribution in [0.4, 0.5) is 0 Å². The van der Waals surface area contributed by atoms with Crippen molar-refractivity contribution in [2.45, 2.75) is 20.8 Å². The Bertz CT molecular complexity index is 629. The Morgan fingerprint density at radius 3 is 2.56 bits per heavy atom. The number of benzene rings is 1. The zero-order chi connectivity index (χ0) is 13.1. The molecule has 90 valence electrons. The van der Waals surface area contributed by atoms with E-state index in [0.29, 0.717) is 17.1 Å². The second kappa shape index (κ2) is 4.84. The summed E-state index contributed by atoms with van der Waals surface area (Å²) in [4.78, 5) is 8.17. The van der Waals surface area contributed by atoms with Crippen LogP contribution in [0, 0.1) is 32.1 Å². The maximum atomic E-state index is 8.85. The SMILES string of the molecule is Cc1ccc(Oc2nc(C)cc(C#N)n2)c(C)c1. The van der Waals surface area contributed by atoms with Crippen LogP contribution in [0.3, 0.4) is 0 Å². The van der Waals surface area contributed by atoms with Gasteiger partial charge < -0.3 is 4.74 Å². The predicted molar refractivity (Wildman–Crippen MR) is 67.5 cm³/mol. The molecule has 0 aliphatic carbocycles. The summed E-state index contributed by atoms with van der Waals surface area (Å²) in [5.74, 6) is 0.704. The summed E-state index contributed by atoms with van der Waals surface area (Å²) in [5, 5.41) is 8.85. The Hall–Kier alpha value is -2.41. The first-order valence-electron chi connectivity index (χ1n) is 5.59. The molecule has 0 fully saturated rings. The van der Waals surface area contributed by atoms with E-state index in [1.54, 1.807) is 13.0 Å². The summed E-state index contributed by atoms with van der Waals surface area (Å²) in [6.07, 6.45) is 0. The summed E-state index contributed by atoms with van der Waals surface area (Å²) < 4.78 is 5.61. The molecule has 1 heterocycles. The highest BCUT2D eigenvalue weighted by molar-refractivity contribution is 5.37. The van der Waals surface area contributed by atoms with E-state index in [4.69, 9.17) is 10.00 Å². The van der Waals surface area contributed by atoms with Crippen molar-refractivity contribution < 1.29 is 4.74 Å². The van der Waals surface area contributed by atoms with Gasteiger partial charge in [0.25, 0.3) is 0 Å². The zero-order valence-electron chi connectivity index (χ0n) is 10.6. The molecule has 0 amide bonds. The minimum absolute atomic E-state index is 0.207. The maximum Gasteiger partial charge on any atom is 0.323 e. The average molecular weight is 239 g/mol. The predicted octanol–water partition coefficient (Wildman–Crippen LogP) is 3.07. The molecule has 2 rings (SSSR count). The highest BCUT2D eigenvalue weighted by Crippen LogP contribution is 2.23. The van der Waals surface area contributed by atoms with E-state index in [-0.39, 0.29) is 6.01 Å². The number of nitrogens with zero attached hydrogens (tertiary/aromatic N) is 3. The van der Waals surface area contributed by atoms with E-state index in [1.807, 2.05) is 38.1 Å². The minimum atomic E-state index is 0.207. The summed E-state index contributed by atoms with van der Waals surface area (Å²) in [5.41, 5.74) is 3.20. The third-order valence-corrected chi connectivity index (χ3v) is 2.48. The fourth-order valence-corrected chi connectivity index (χ4v) is 1.66. The first-order valence-corrected chi connectivity index (χ1v) is 5.59. The molecule has 0 bridgehead atoms. The third kappa shape index (κ3) is 2.64. The number of aryl methyl sites for hydroxylation is 3. The van der Waals surface area contributed by atoms with E-state index >= 15 is 0 Å².